The summed E-state index contributed by atoms with van der Waals surface area (Å²) in [6.45, 7) is 2.66. The summed E-state index contributed by atoms with van der Waals surface area (Å²) in [4.78, 5) is 0. The van der Waals surface area contributed by atoms with E-state index in [4.69, 9.17) is 9.47 Å². The smallest absolute Gasteiger partial charge is 0.122 e. The van der Waals surface area contributed by atoms with Gasteiger partial charge in [-0.3, -0.25) is 0 Å². The Morgan fingerprint density at radius 1 is 1.05 bits per heavy atom. The summed E-state index contributed by atoms with van der Waals surface area (Å²) in [7, 11) is 1.99. The molecule has 1 N–H and O–H groups in total. The molecular weight excluding hydrogens is 262 g/mol. The number of ether oxygens (including phenoxy) is 2. The van der Waals surface area contributed by atoms with Gasteiger partial charge < -0.3 is 14.8 Å². The van der Waals surface area contributed by atoms with Crippen LogP contribution in [0.4, 0.5) is 0 Å². The highest BCUT2D eigenvalue weighted by Crippen LogP contribution is 2.34. The molecule has 3 nitrogen and oxygen atoms in total. The fourth-order valence-electron chi connectivity index (χ4n) is 2.97. The van der Waals surface area contributed by atoms with Crippen LogP contribution in [0.15, 0.2) is 48.5 Å². The summed E-state index contributed by atoms with van der Waals surface area (Å²) in [5.41, 5.74) is 2.71. The topological polar surface area (TPSA) is 30.5 Å². The summed E-state index contributed by atoms with van der Waals surface area (Å²) < 4.78 is 11.6. The maximum absolute atomic E-state index is 6.18. The lowest BCUT2D eigenvalue weighted by molar-refractivity contribution is 0.171. The van der Waals surface area contributed by atoms with Gasteiger partial charge in [0.15, 0.2) is 0 Å². The Hall–Kier alpha value is -2.00. The lowest BCUT2D eigenvalue weighted by atomic mass is 10.1. The van der Waals surface area contributed by atoms with E-state index < -0.39 is 0 Å². The third-order valence-corrected chi connectivity index (χ3v) is 3.92. The van der Waals surface area contributed by atoms with Crippen LogP contribution in [-0.4, -0.2) is 19.8 Å². The van der Waals surface area contributed by atoms with Crippen molar-refractivity contribution in [1.29, 1.82) is 0 Å². The van der Waals surface area contributed by atoms with Crippen LogP contribution in [0, 0.1) is 0 Å². The molecule has 2 aromatic rings. The molecule has 0 heterocycles. The number of rotatable bonds is 5. The van der Waals surface area contributed by atoms with Gasteiger partial charge in [-0.2, -0.15) is 0 Å². The van der Waals surface area contributed by atoms with Gasteiger partial charge in [-0.1, -0.05) is 24.3 Å². The fourth-order valence-corrected chi connectivity index (χ4v) is 2.97. The van der Waals surface area contributed by atoms with Crippen LogP contribution < -0.4 is 14.8 Å². The highest BCUT2D eigenvalue weighted by Gasteiger charge is 2.32. The molecule has 0 fully saturated rings. The van der Waals surface area contributed by atoms with Crippen molar-refractivity contribution in [1.82, 2.24) is 5.32 Å². The van der Waals surface area contributed by atoms with E-state index in [0.717, 1.165) is 17.9 Å². The highest BCUT2D eigenvalue weighted by atomic mass is 16.5. The first-order valence-electron chi connectivity index (χ1n) is 7.46. The molecule has 2 aromatic carbocycles. The third kappa shape index (κ3) is 2.88. The van der Waals surface area contributed by atoms with Crippen molar-refractivity contribution in [3.05, 3.63) is 59.7 Å². The minimum Gasteiger partial charge on any atom is -0.494 e. The van der Waals surface area contributed by atoms with Crippen LogP contribution in [0.5, 0.6) is 11.5 Å². The third-order valence-electron chi connectivity index (χ3n) is 3.92. The second-order valence-corrected chi connectivity index (χ2v) is 5.23. The van der Waals surface area contributed by atoms with Gasteiger partial charge in [0.2, 0.25) is 0 Å². The molecule has 0 bridgehead atoms. The molecule has 3 rings (SSSR count). The van der Waals surface area contributed by atoms with Gasteiger partial charge in [0.1, 0.15) is 17.6 Å². The molecule has 0 spiro atoms. The molecule has 110 valence electrons. The van der Waals surface area contributed by atoms with Gasteiger partial charge in [-0.25, -0.2) is 0 Å². The molecule has 0 aliphatic heterocycles. The SMILES string of the molecule is CCOc1ccc(OC2Cc3ccccc3C2NC)cc1. The average Bonchev–Trinajstić information content (AvgIpc) is 2.86. The molecule has 0 amide bonds. The number of likely N-dealkylation sites (N-methyl/N-ethyl adjacent to an activating group) is 1. The number of hydrogen-bond donors (Lipinski definition) is 1. The first kappa shape index (κ1) is 14.0. The van der Waals surface area contributed by atoms with Crippen molar-refractivity contribution in [3.8, 4) is 11.5 Å². The monoisotopic (exact) mass is 283 g/mol. The average molecular weight is 283 g/mol. The number of nitrogens with one attached hydrogen (secondary N) is 1. The van der Waals surface area contributed by atoms with Crippen LogP contribution in [0.1, 0.15) is 24.1 Å². The zero-order valence-electron chi connectivity index (χ0n) is 12.5. The molecule has 1 aliphatic rings. The van der Waals surface area contributed by atoms with Crippen LogP contribution >= 0.6 is 0 Å². The fraction of sp³-hybridized carbons (Fsp3) is 0.333. The lowest BCUT2D eigenvalue weighted by Crippen LogP contribution is -2.30. The van der Waals surface area contributed by atoms with Crippen LogP contribution in [0.3, 0.4) is 0 Å². The van der Waals surface area contributed by atoms with E-state index in [1.165, 1.54) is 11.1 Å². The van der Waals surface area contributed by atoms with Crippen molar-refractivity contribution in [2.75, 3.05) is 13.7 Å². The normalized spacial score (nSPS) is 20.1. The van der Waals surface area contributed by atoms with Crippen LogP contribution in [0.2, 0.25) is 0 Å². The van der Waals surface area contributed by atoms with Gasteiger partial charge in [0.05, 0.1) is 12.6 Å². The summed E-state index contributed by atoms with van der Waals surface area (Å²) in [5.74, 6) is 1.77. The lowest BCUT2D eigenvalue weighted by Gasteiger charge is -2.21. The minimum absolute atomic E-state index is 0.130. The highest BCUT2D eigenvalue weighted by molar-refractivity contribution is 5.38. The minimum atomic E-state index is 0.130. The van der Waals surface area contributed by atoms with Crippen molar-refractivity contribution >= 4 is 0 Å². The van der Waals surface area contributed by atoms with E-state index in [9.17, 15) is 0 Å². The molecule has 3 heteroatoms. The maximum Gasteiger partial charge on any atom is 0.122 e. The van der Waals surface area contributed by atoms with Crippen molar-refractivity contribution in [2.45, 2.75) is 25.5 Å². The Balaban J connectivity index is 1.73. The summed E-state index contributed by atoms with van der Waals surface area (Å²) >= 11 is 0. The predicted molar refractivity (Wildman–Crippen MR) is 84.0 cm³/mol. The quantitative estimate of drug-likeness (QED) is 0.913. The van der Waals surface area contributed by atoms with E-state index in [0.29, 0.717) is 6.61 Å². The molecule has 2 atom stereocenters. The van der Waals surface area contributed by atoms with Crippen molar-refractivity contribution < 1.29 is 9.47 Å². The zero-order valence-corrected chi connectivity index (χ0v) is 12.5. The van der Waals surface area contributed by atoms with Crippen LogP contribution in [-0.2, 0) is 6.42 Å². The Morgan fingerprint density at radius 3 is 2.48 bits per heavy atom. The second kappa shape index (κ2) is 6.19. The van der Waals surface area contributed by atoms with Crippen LogP contribution in [0.25, 0.3) is 0 Å². The predicted octanol–water partition coefficient (Wildman–Crippen LogP) is 3.35. The van der Waals surface area contributed by atoms with E-state index >= 15 is 0 Å². The molecule has 0 saturated heterocycles. The summed E-state index contributed by atoms with van der Waals surface area (Å²) in [6.07, 6.45) is 1.07. The van der Waals surface area contributed by atoms with E-state index in [1.807, 2.05) is 38.2 Å². The van der Waals surface area contributed by atoms with Gasteiger partial charge in [-0.15, -0.1) is 0 Å². The first-order chi connectivity index (χ1) is 10.3. The Bertz CT molecular complexity index is 594. The Kier molecular flexibility index (Phi) is 4.11. The van der Waals surface area contributed by atoms with Crippen molar-refractivity contribution in [2.24, 2.45) is 0 Å². The summed E-state index contributed by atoms with van der Waals surface area (Å²) in [5, 5.41) is 3.37. The molecule has 21 heavy (non-hydrogen) atoms. The van der Waals surface area contributed by atoms with Gasteiger partial charge >= 0.3 is 0 Å². The number of benzene rings is 2. The van der Waals surface area contributed by atoms with Gasteiger partial charge in [0.25, 0.3) is 0 Å². The van der Waals surface area contributed by atoms with Gasteiger partial charge in [0, 0.05) is 6.42 Å². The standard InChI is InChI=1S/C18H21NO2/c1-3-20-14-8-10-15(11-9-14)21-17-12-13-6-4-5-7-16(13)18(17)19-2/h4-11,17-19H,3,12H2,1-2H3. The summed E-state index contributed by atoms with van der Waals surface area (Å²) in [6, 6.07) is 16.6. The van der Waals surface area contributed by atoms with Gasteiger partial charge in [-0.05, 0) is 49.4 Å². The van der Waals surface area contributed by atoms with E-state index in [2.05, 4.69) is 29.6 Å². The molecule has 0 aromatic heterocycles. The largest absolute Gasteiger partial charge is 0.494 e. The molecular formula is C18H21NO2. The number of fused-ring (bicyclic) bond motifs is 1. The molecule has 0 saturated carbocycles. The van der Waals surface area contributed by atoms with E-state index in [-0.39, 0.29) is 12.1 Å². The first-order valence-corrected chi connectivity index (χ1v) is 7.46. The second-order valence-electron chi connectivity index (χ2n) is 5.23. The Labute approximate surface area is 125 Å². The maximum atomic E-state index is 6.18. The Morgan fingerprint density at radius 2 is 1.76 bits per heavy atom. The molecule has 2 unspecified atom stereocenters. The molecule has 1 aliphatic carbocycles. The van der Waals surface area contributed by atoms with E-state index in [1.54, 1.807) is 0 Å². The van der Waals surface area contributed by atoms with Crippen molar-refractivity contribution in [3.63, 3.8) is 0 Å². The molecule has 0 radical (unpaired) electrons. The zero-order chi connectivity index (χ0) is 14.7. The number of hydrogen-bond acceptors (Lipinski definition) is 3.